The molecule has 3 N–H and O–H groups in total. The highest BCUT2D eigenvalue weighted by Crippen LogP contribution is 2.32. The molecule has 2 amide bonds. The van der Waals surface area contributed by atoms with Gasteiger partial charge in [0.1, 0.15) is 6.10 Å². The van der Waals surface area contributed by atoms with Crippen molar-refractivity contribution in [1.29, 1.82) is 0 Å². The fourth-order valence-electron chi connectivity index (χ4n) is 5.61. The van der Waals surface area contributed by atoms with Crippen LogP contribution in [0.1, 0.15) is 52.9 Å². The van der Waals surface area contributed by atoms with Crippen LogP contribution in [0, 0.1) is 11.8 Å². The largest absolute Gasteiger partial charge is 0.494 e. The monoisotopic (exact) mass is 566 g/mol. The van der Waals surface area contributed by atoms with Crippen molar-refractivity contribution in [2.45, 2.75) is 59.0 Å². The minimum absolute atomic E-state index is 0.00280. The first-order chi connectivity index (χ1) is 19.6. The molecule has 1 aliphatic carbocycles. The predicted molar refractivity (Wildman–Crippen MR) is 155 cm³/mol. The number of carbonyl (C=O) groups is 4. The highest BCUT2D eigenvalue weighted by molar-refractivity contribution is 6.23. The molecule has 0 unspecified atom stereocenters. The highest BCUT2D eigenvalue weighted by Gasteiger charge is 2.32. The summed E-state index contributed by atoms with van der Waals surface area (Å²) in [5.41, 5.74) is 1.09. The van der Waals surface area contributed by atoms with Crippen LogP contribution in [0.4, 0.5) is 4.79 Å². The summed E-state index contributed by atoms with van der Waals surface area (Å²) in [6.07, 6.45) is 11.8. The number of rotatable bonds is 4. The van der Waals surface area contributed by atoms with E-state index in [2.05, 4.69) is 35.5 Å². The number of ketones is 2. The van der Waals surface area contributed by atoms with Crippen LogP contribution in [0.3, 0.4) is 0 Å². The van der Waals surface area contributed by atoms with E-state index in [4.69, 9.17) is 9.84 Å². The SMILES string of the molecule is C/C1=C\C=C/CCC2=C[C@H](C)[C@@H](CC[C@H](C)CC3=C(NCCN4CCN(C(=O)O)CC4)C(=O)C=C(NC1=O)C3=O)O2. The Morgan fingerprint density at radius 3 is 2.63 bits per heavy atom. The molecule has 0 aromatic heterocycles. The number of amides is 2. The molecule has 3 atom stereocenters. The smallest absolute Gasteiger partial charge is 0.407 e. The maximum atomic E-state index is 13.6. The van der Waals surface area contributed by atoms with Gasteiger partial charge in [-0.2, -0.15) is 0 Å². The Balaban J connectivity index is 1.50. The van der Waals surface area contributed by atoms with E-state index in [9.17, 15) is 19.2 Å². The third-order valence-electron chi connectivity index (χ3n) is 8.20. The first kappa shape index (κ1) is 30.3. The van der Waals surface area contributed by atoms with Gasteiger partial charge in [0.25, 0.3) is 5.91 Å². The Morgan fingerprint density at radius 1 is 1.15 bits per heavy atom. The van der Waals surface area contributed by atoms with Crippen molar-refractivity contribution >= 4 is 23.6 Å². The lowest BCUT2D eigenvalue weighted by molar-refractivity contribution is -0.120. The second-order valence-electron chi connectivity index (χ2n) is 11.4. The molecular formula is C31H42N4O6. The fourth-order valence-corrected chi connectivity index (χ4v) is 5.61. The van der Waals surface area contributed by atoms with Crippen LogP contribution in [0.15, 0.2) is 58.7 Å². The van der Waals surface area contributed by atoms with Gasteiger partial charge in [0.2, 0.25) is 11.6 Å². The zero-order chi connectivity index (χ0) is 29.5. The summed E-state index contributed by atoms with van der Waals surface area (Å²) in [6, 6.07) is 0. The molecule has 3 aliphatic heterocycles. The number of nitrogens with zero attached hydrogens (tertiary/aromatic N) is 2. The number of ether oxygens (including phenoxy) is 1. The lowest BCUT2D eigenvalue weighted by Gasteiger charge is -2.33. The van der Waals surface area contributed by atoms with E-state index < -0.39 is 12.0 Å². The molecule has 0 radical (unpaired) electrons. The van der Waals surface area contributed by atoms with Crippen molar-refractivity contribution in [3.63, 3.8) is 0 Å². The number of carboxylic acid groups (broad SMARTS) is 1. The van der Waals surface area contributed by atoms with E-state index in [-0.39, 0.29) is 35.0 Å². The van der Waals surface area contributed by atoms with Crippen LogP contribution in [-0.4, -0.2) is 83.8 Å². The molecule has 0 aromatic carbocycles. The van der Waals surface area contributed by atoms with Crippen LogP contribution in [0.25, 0.3) is 0 Å². The Kier molecular flexibility index (Phi) is 10.2. The fraction of sp³-hybridized carbons (Fsp3) is 0.548. The quantitative estimate of drug-likeness (QED) is 0.443. The molecular weight excluding hydrogens is 524 g/mol. The molecule has 3 heterocycles. The average Bonchev–Trinajstić information content (AvgIpc) is 3.30. The average molecular weight is 567 g/mol. The summed E-state index contributed by atoms with van der Waals surface area (Å²) in [6.45, 7) is 9.05. The van der Waals surface area contributed by atoms with Crippen molar-refractivity contribution < 1.29 is 29.0 Å². The Hall–Kier alpha value is -3.66. The van der Waals surface area contributed by atoms with E-state index in [1.165, 1.54) is 11.0 Å². The topological polar surface area (TPSA) is 128 Å². The minimum atomic E-state index is -0.913. The third-order valence-corrected chi connectivity index (χ3v) is 8.20. The summed E-state index contributed by atoms with van der Waals surface area (Å²) in [7, 11) is 0. The highest BCUT2D eigenvalue weighted by atomic mass is 16.5. The van der Waals surface area contributed by atoms with Crippen molar-refractivity contribution in [2.24, 2.45) is 11.8 Å². The van der Waals surface area contributed by atoms with Crippen LogP contribution < -0.4 is 10.6 Å². The van der Waals surface area contributed by atoms with Gasteiger partial charge in [-0.15, -0.1) is 0 Å². The maximum absolute atomic E-state index is 13.6. The summed E-state index contributed by atoms with van der Waals surface area (Å²) in [5, 5.41) is 15.0. The molecule has 0 aromatic rings. The summed E-state index contributed by atoms with van der Waals surface area (Å²) in [5.74, 6) is 0.317. The summed E-state index contributed by atoms with van der Waals surface area (Å²) >= 11 is 0. The Morgan fingerprint density at radius 2 is 1.90 bits per heavy atom. The van der Waals surface area contributed by atoms with Gasteiger partial charge >= 0.3 is 6.09 Å². The van der Waals surface area contributed by atoms with E-state index >= 15 is 0 Å². The normalized spacial score (nSPS) is 28.9. The standard InChI is InChI=1S/C31H42N4O6/c1-20-9-10-27-22(3)18-23(41-27)8-6-4-5-7-21(2)30(38)33-25-19-26(36)28(24(17-20)29(25)37)32-11-12-34-13-15-35(16-14-34)31(39)40/h4-5,7,18-20,22,27,32H,6,8-17H2,1-3H3,(H,33,38)(H,39,40)/b5-4-,21-7+/t20-,22-,27+/m0/s1. The van der Waals surface area contributed by atoms with Gasteiger partial charge in [0, 0.05) is 68.8 Å². The number of nitrogens with one attached hydrogen (secondary N) is 2. The molecule has 0 saturated carbocycles. The van der Waals surface area contributed by atoms with Gasteiger partial charge in [-0.1, -0.05) is 32.1 Å². The number of fused-ring (bicyclic) bond motifs is 4. The molecule has 41 heavy (non-hydrogen) atoms. The molecule has 1 saturated heterocycles. The van der Waals surface area contributed by atoms with Crippen LogP contribution >= 0.6 is 0 Å². The van der Waals surface area contributed by atoms with Gasteiger partial charge in [0.15, 0.2) is 0 Å². The van der Waals surface area contributed by atoms with Crippen LogP contribution in [0.5, 0.6) is 0 Å². The lowest BCUT2D eigenvalue weighted by Crippen LogP contribution is -2.49. The third kappa shape index (κ3) is 7.97. The summed E-state index contributed by atoms with van der Waals surface area (Å²) in [4.78, 5) is 54.5. The van der Waals surface area contributed by atoms with Gasteiger partial charge in [-0.05, 0) is 44.6 Å². The van der Waals surface area contributed by atoms with Crippen molar-refractivity contribution in [2.75, 3.05) is 39.3 Å². The number of piperazine rings is 1. The number of Topliss-reactive ketones (excluding diaryl/α,β-unsaturated/α-hetero) is 1. The van der Waals surface area contributed by atoms with Gasteiger partial charge in [0.05, 0.1) is 17.2 Å². The molecule has 4 rings (SSSR count). The van der Waals surface area contributed by atoms with Crippen molar-refractivity contribution in [3.05, 3.63) is 58.7 Å². The number of allylic oxidation sites excluding steroid dienone is 6. The van der Waals surface area contributed by atoms with E-state index in [1.807, 2.05) is 12.2 Å². The zero-order valence-electron chi connectivity index (χ0n) is 24.3. The first-order valence-electron chi connectivity index (χ1n) is 14.6. The zero-order valence-corrected chi connectivity index (χ0v) is 24.3. The molecule has 0 spiro atoms. The van der Waals surface area contributed by atoms with Crippen LogP contribution in [0.2, 0.25) is 0 Å². The number of carbonyl (C=O) groups excluding carboxylic acids is 3. The van der Waals surface area contributed by atoms with Gasteiger partial charge < -0.3 is 25.4 Å². The van der Waals surface area contributed by atoms with Crippen LogP contribution in [-0.2, 0) is 19.1 Å². The molecule has 10 heteroatoms. The minimum Gasteiger partial charge on any atom is -0.494 e. The molecule has 4 bridgehead atoms. The van der Waals surface area contributed by atoms with E-state index in [1.54, 1.807) is 13.0 Å². The van der Waals surface area contributed by atoms with Gasteiger partial charge in [-0.25, -0.2) is 4.79 Å². The second kappa shape index (κ2) is 13.8. The van der Waals surface area contributed by atoms with E-state index in [0.29, 0.717) is 62.8 Å². The van der Waals surface area contributed by atoms with E-state index in [0.717, 1.165) is 31.4 Å². The molecule has 1 fully saturated rings. The van der Waals surface area contributed by atoms with Crippen molar-refractivity contribution in [1.82, 2.24) is 20.4 Å². The Bertz CT molecular complexity index is 1200. The van der Waals surface area contributed by atoms with Crippen molar-refractivity contribution in [3.8, 4) is 0 Å². The predicted octanol–water partition coefficient (Wildman–Crippen LogP) is 3.30. The molecule has 4 aliphatic rings. The molecule has 222 valence electrons. The lowest BCUT2D eigenvalue weighted by atomic mass is 9.86. The number of hydrogen-bond acceptors (Lipinski definition) is 7. The Labute approximate surface area is 241 Å². The second-order valence-corrected chi connectivity index (χ2v) is 11.4. The van der Waals surface area contributed by atoms with Gasteiger partial charge in [-0.3, -0.25) is 19.3 Å². The summed E-state index contributed by atoms with van der Waals surface area (Å²) < 4.78 is 6.23. The maximum Gasteiger partial charge on any atom is 0.407 e. The first-order valence-corrected chi connectivity index (χ1v) is 14.6. The number of hydrogen-bond donors (Lipinski definition) is 3. The molecule has 10 nitrogen and oxygen atoms in total.